The lowest BCUT2D eigenvalue weighted by Gasteiger charge is -2.21. The molecule has 104 valence electrons. The van der Waals surface area contributed by atoms with Crippen molar-refractivity contribution in [1.82, 2.24) is 5.32 Å². The van der Waals surface area contributed by atoms with Crippen LogP contribution in [0.25, 0.3) is 0 Å². The van der Waals surface area contributed by atoms with E-state index in [1.54, 1.807) is 0 Å². The van der Waals surface area contributed by atoms with Gasteiger partial charge in [0.15, 0.2) is 0 Å². The molecule has 1 amide bonds. The van der Waals surface area contributed by atoms with Gasteiger partial charge in [-0.25, -0.2) is 0 Å². The summed E-state index contributed by atoms with van der Waals surface area (Å²) in [5.74, 6) is 0.362. The first-order chi connectivity index (χ1) is 9.31. The molecule has 1 aromatic carbocycles. The van der Waals surface area contributed by atoms with Crippen molar-refractivity contribution < 1.29 is 4.79 Å². The van der Waals surface area contributed by atoms with Crippen molar-refractivity contribution in [3.63, 3.8) is 0 Å². The van der Waals surface area contributed by atoms with Crippen molar-refractivity contribution in [3.05, 3.63) is 35.9 Å². The smallest absolute Gasteiger partial charge is 0.223 e. The highest BCUT2D eigenvalue weighted by Gasteiger charge is 2.22. The lowest BCUT2D eigenvalue weighted by Crippen LogP contribution is -2.37. The fourth-order valence-corrected chi connectivity index (χ4v) is 2.79. The number of hydrogen-bond donors (Lipinski definition) is 2. The Bertz CT molecular complexity index is 383. The van der Waals surface area contributed by atoms with Crippen LogP contribution in [0.3, 0.4) is 0 Å². The van der Waals surface area contributed by atoms with Crippen molar-refractivity contribution in [2.75, 3.05) is 6.54 Å². The lowest BCUT2D eigenvalue weighted by atomic mass is 9.98. The Balaban J connectivity index is 1.96. The third-order valence-corrected chi connectivity index (χ3v) is 3.98. The minimum atomic E-state index is -0.0584. The molecule has 1 saturated carbocycles. The van der Waals surface area contributed by atoms with Crippen molar-refractivity contribution in [1.29, 1.82) is 0 Å². The zero-order valence-electron chi connectivity index (χ0n) is 11.5. The molecular formula is C16H24N2O. The second-order valence-electron chi connectivity index (χ2n) is 5.40. The molecule has 3 N–H and O–H groups in total. The van der Waals surface area contributed by atoms with Gasteiger partial charge in [-0.1, -0.05) is 56.0 Å². The number of hydrogen-bond acceptors (Lipinski definition) is 2. The van der Waals surface area contributed by atoms with Crippen LogP contribution in [0.4, 0.5) is 0 Å². The fourth-order valence-electron chi connectivity index (χ4n) is 2.79. The summed E-state index contributed by atoms with van der Waals surface area (Å²) < 4.78 is 0. The van der Waals surface area contributed by atoms with Gasteiger partial charge in [0, 0.05) is 12.5 Å². The van der Waals surface area contributed by atoms with Crippen LogP contribution in [-0.4, -0.2) is 12.5 Å². The minimum absolute atomic E-state index is 0.0584. The molecule has 0 bridgehead atoms. The van der Waals surface area contributed by atoms with E-state index in [0.717, 1.165) is 18.4 Å². The molecule has 1 fully saturated rings. The first-order valence-electron chi connectivity index (χ1n) is 7.36. The van der Waals surface area contributed by atoms with Gasteiger partial charge in [0.25, 0.3) is 0 Å². The molecule has 3 heteroatoms. The molecule has 1 atom stereocenters. The Morgan fingerprint density at radius 3 is 2.37 bits per heavy atom. The summed E-state index contributed by atoms with van der Waals surface area (Å²) in [5, 5.41) is 3.12. The van der Waals surface area contributed by atoms with E-state index in [0.29, 0.717) is 6.54 Å². The zero-order valence-corrected chi connectivity index (χ0v) is 11.5. The Labute approximate surface area is 115 Å². The number of benzene rings is 1. The highest BCUT2D eigenvalue weighted by molar-refractivity contribution is 5.79. The normalized spacial score (nSPS) is 18.6. The summed E-state index contributed by atoms with van der Waals surface area (Å²) in [7, 11) is 0. The van der Waals surface area contributed by atoms with Crippen LogP contribution in [0.15, 0.2) is 30.3 Å². The average molecular weight is 260 g/mol. The van der Waals surface area contributed by atoms with Crippen molar-refractivity contribution >= 4 is 5.91 Å². The van der Waals surface area contributed by atoms with E-state index < -0.39 is 0 Å². The molecule has 2 rings (SSSR count). The number of rotatable bonds is 4. The third kappa shape index (κ3) is 4.06. The van der Waals surface area contributed by atoms with E-state index in [2.05, 4.69) is 5.32 Å². The van der Waals surface area contributed by atoms with Gasteiger partial charge in [-0.2, -0.15) is 0 Å². The molecule has 1 unspecified atom stereocenters. The highest BCUT2D eigenvalue weighted by atomic mass is 16.1. The zero-order chi connectivity index (χ0) is 13.5. The van der Waals surface area contributed by atoms with Gasteiger partial charge in [0.2, 0.25) is 5.91 Å². The van der Waals surface area contributed by atoms with Gasteiger partial charge in [0.1, 0.15) is 0 Å². The molecule has 19 heavy (non-hydrogen) atoms. The van der Waals surface area contributed by atoms with Crippen molar-refractivity contribution in [3.8, 4) is 0 Å². The molecule has 1 aromatic rings. The van der Waals surface area contributed by atoms with E-state index in [1.165, 1.54) is 25.7 Å². The third-order valence-electron chi connectivity index (χ3n) is 3.98. The summed E-state index contributed by atoms with van der Waals surface area (Å²) in [6.07, 6.45) is 6.94. The molecule has 3 nitrogen and oxygen atoms in total. The van der Waals surface area contributed by atoms with Crippen LogP contribution in [0, 0.1) is 5.92 Å². The maximum absolute atomic E-state index is 12.3. The quantitative estimate of drug-likeness (QED) is 0.818. The molecule has 0 saturated heterocycles. The summed E-state index contributed by atoms with van der Waals surface area (Å²) in [6.45, 7) is 0.447. The average Bonchev–Trinajstić information content (AvgIpc) is 2.74. The van der Waals surface area contributed by atoms with Gasteiger partial charge in [-0.05, 0) is 18.4 Å². The Morgan fingerprint density at radius 1 is 1.16 bits per heavy atom. The lowest BCUT2D eigenvalue weighted by molar-refractivity contribution is -0.126. The summed E-state index contributed by atoms with van der Waals surface area (Å²) >= 11 is 0. The number of carbonyl (C=O) groups excluding carboxylic acids is 1. The fraction of sp³-hybridized carbons (Fsp3) is 0.562. The topological polar surface area (TPSA) is 55.1 Å². The maximum atomic E-state index is 12.3. The predicted octanol–water partition coefficient (Wildman–Crippen LogP) is 2.77. The van der Waals surface area contributed by atoms with Crippen molar-refractivity contribution in [2.24, 2.45) is 11.7 Å². The van der Waals surface area contributed by atoms with E-state index in [4.69, 9.17) is 5.73 Å². The summed E-state index contributed by atoms with van der Waals surface area (Å²) in [6, 6.07) is 9.92. The number of carbonyl (C=O) groups is 1. The molecular weight excluding hydrogens is 236 g/mol. The predicted molar refractivity (Wildman–Crippen MR) is 77.6 cm³/mol. The van der Waals surface area contributed by atoms with Crippen LogP contribution in [0.5, 0.6) is 0 Å². The van der Waals surface area contributed by atoms with Gasteiger partial charge in [-0.15, -0.1) is 0 Å². The maximum Gasteiger partial charge on any atom is 0.223 e. The molecule has 0 radical (unpaired) electrons. The Morgan fingerprint density at radius 2 is 1.79 bits per heavy atom. The van der Waals surface area contributed by atoms with E-state index in [9.17, 15) is 4.79 Å². The molecule has 1 aliphatic carbocycles. The molecule has 0 aliphatic heterocycles. The molecule has 0 spiro atoms. The van der Waals surface area contributed by atoms with Gasteiger partial charge >= 0.3 is 0 Å². The van der Waals surface area contributed by atoms with E-state index in [-0.39, 0.29) is 17.9 Å². The SMILES string of the molecule is NCC(NC(=O)C1CCCCCC1)c1ccccc1. The van der Waals surface area contributed by atoms with E-state index >= 15 is 0 Å². The monoisotopic (exact) mass is 260 g/mol. The van der Waals surface area contributed by atoms with Crippen LogP contribution in [0.2, 0.25) is 0 Å². The molecule has 0 heterocycles. The van der Waals surface area contributed by atoms with Crippen LogP contribution >= 0.6 is 0 Å². The van der Waals surface area contributed by atoms with Gasteiger partial charge in [0.05, 0.1) is 6.04 Å². The number of amides is 1. The first kappa shape index (κ1) is 14.1. The highest BCUT2D eigenvalue weighted by Crippen LogP contribution is 2.24. The second-order valence-corrected chi connectivity index (χ2v) is 5.40. The molecule has 1 aliphatic rings. The van der Waals surface area contributed by atoms with Crippen molar-refractivity contribution in [2.45, 2.75) is 44.6 Å². The van der Waals surface area contributed by atoms with E-state index in [1.807, 2.05) is 30.3 Å². The van der Waals surface area contributed by atoms with Crippen LogP contribution in [-0.2, 0) is 4.79 Å². The number of nitrogens with one attached hydrogen (secondary N) is 1. The Hall–Kier alpha value is -1.35. The summed E-state index contributed by atoms with van der Waals surface area (Å²) in [4.78, 5) is 12.3. The minimum Gasteiger partial charge on any atom is -0.348 e. The van der Waals surface area contributed by atoms with Crippen LogP contribution < -0.4 is 11.1 Å². The standard InChI is InChI=1S/C16H24N2O/c17-12-15(13-8-6-3-7-9-13)18-16(19)14-10-4-1-2-5-11-14/h3,6-9,14-15H,1-2,4-5,10-12,17H2,(H,18,19). The van der Waals surface area contributed by atoms with Gasteiger partial charge in [-0.3, -0.25) is 4.79 Å². The second kappa shape index (κ2) is 7.29. The van der Waals surface area contributed by atoms with Crippen LogP contribution in [0.1, 0.15) is 50.1 Å². The van der Waals surface area contributed by atoms with Gasteiger partial charge < -0.3 is 11.1 Å². The largest absolute Gasteiger partial charge is 0.348 e. The number of nitrogens with two attached hydrogens (primary N) is 1. The summed E-state index contributed by atoms with van der Waals surface area (Å²) in [5.41, 5.74) is 6.89. The Kier molecular flexibility index (Phi) is 5.40. The molecule has 0 aromatic heterocycles. The first-order valence-corrected chi connectivity index (χ1v) is 7.36.